The number of aromatic nitrogens is 2. The summed E-state index contributed by atoms with van der Waals surface area (Å²) >= 11 is 0. The van der Waals surface area contributed by atoms with Crippen molar-refractivity contribution in [3.63, 3.8) is 0 Å². The molecule has 0 saturated carbocycles. The fourth-order valence-electron chi connectivity index (χ4n) is 3.13. The van der Waals surface area contributed by atoms with E-state index in [2.05, 4.69) is 37.7 Å². The van der Waals surface area contributed by atoms with Crippen molar-refractivity contribution in [2.24, 2.45) is 18.9 Å². The van der Waals surface area contributed by atoms with Crippen LogP contribution in [0.2, 0.25) is 0 Å². The lowest BCUT2D eigenvalue weighted by atomic mass is 9.87. The molecule has 0 aliphatic carbocycles. The summed E-state index contributed by atoms with van der Waals surface area (Å²) in [6.07, 6.45) is 2.53. The first kappa shape index (κ1) is 14.2. The molecule has 0 radical (unpaired) electrons. The first-order chi connectivity index (χ1) is 8.91. The largest absolute Gasteiger partial charge is 0.394 e. The van der Waals surface area contributed by atoms with Gasteiger partial charge in [-0.3, -0.25) is 4.68 Å². The van der Waals surface area contributed by atoms with Gasteiger partial charge in [-0.25, -0.2) is 0 Å². The fourth-order valence-corrected chi connectivity index (χ4v) is 3.13. The second kappa shape index (κ2) is 5.43. The van der Waals surface area contributed by atoms with Crippen LogP contribution in [0.15, 0.2) is 0 Å². The molecule has 0 bridgehead atoms. The first-order valence-electron chi connectivity index (χ1n) is 7.49. The predicted octanol–water partition coefficient (Wildman–Crippen LogP) is 3.00. The molecule has 1 aliphatic rings. The second-order valence-corrected chi connectivity index (χ2v) is 6.47. The van der Waals surface area contributed by atoms with Gasteiger partial charge >= 0.3 is 0 Å². The Hall–Kier alpha value is -1.19. The van der Waals surface area contributed by atoms with Crippen LogP contribution in [0.1, 0.15) is 52.1 Å². The first-order valence-corrected chi connectivity index (χ1v) is 7.49. The Bertz CT molecular complexity index is 426. The molecule has 19 heavy (non-hydrogen) atoms. The number of aryl methyl sites for hydroxylation is 1. The van der Waals surface area contributed by atoms with Gasteiger partial charge in [0.25, 0.3) is 0 Å². The number of nitrogen functional groups attached to an aromatic ring is 1. The summed E-state index contributed by atoms with van der Waals surface area (Å²) in [5.74, 6) is 3.14. The molecule has 4 nitrogen and oxygen atoms in total. The summed E-state index contributed by atoms with van der Waals surface area (Å²) in [6.45, 7) is 11.2. The third-order valence-corrected chi connectivity index (χ3v) is 4.41. The molecule has 108 valence electrons. The summed E-state index contributed by atoms with van der Waals surface area (Å²) in [5.41, 5.74) is 8.21. The van der Waals surface area contributed by atoms with Crippen LogP contribution in [0.25, 0.3) is 0 Å². The van der Waals surface area contributed by atoms with Crippen LogP contribution in [0.3, 0.4) is 0 Å². The number of rotatable bonds is 3. The number of nitrogens with zero attached hydrogens (tertiary/aromatic N) is 3. The molecule has 2 rings (SSSR count). The molecule has 0 amide bonds. The van der Waals surface area contributed by atoms with Gasteiger partial charge in [-0.15, -0.1) is 0 Å². The molecule has 2 N–H and O–H groups in total. The van der Waals surface area contributed by atoms with Gasteiger partial charge in [0.15, 0.2) is 0 Å². The van der Waals surface area contributed by atoms with Gasteiger partial charge in [0.1, 0.15) is 5.82 Å². The van der Waals surface area contributed by atoms with E-state index in [0.717, 1.165) is 42.1 Å². The lowest BCUT2D eigenvalue weighted by Gasteiger charge is -2.35. The van der Waals surface area contributed by atoms with E-state index < -0.39 is 0 Å². The standard InChI is InChI=1S/C15H28N4/c1-10(2)12-6-8-19(9-7-12)15-13(16)14(11(3)4)17-18(15)5/h10-12H,6-9,16H2,1-5H3. The third-order valence-electron chi connectivity index (χ3n) is 4.41. The van der Waals surface area contributed by atoms with E-state index in [0.29, 0.717) is 5.92 Å². The number of hydrogen-bond acceptors (Lipinski definition) is 3. The molecule has 0 aromatic carbocycles. The minimum absolute atomic E-state index is 0.383. The maximum atomic E-state index is 6.31. The fraction of sp³-hybridized carbons (Fsp3) is 0.800. The van der Waals surface area contributed by atoms with Crippen LogP contribution in [0, 0.1) is 11.8 Å². The highest BCUT2D eigenvalue weighted by atomic mass is 15.4. The molecule has 1 saturated heterocycles. The molecule has 0 unspecified atom stereocenters. The summed E-state index contributed by atoms with van der Waals surface area (Å²) in [7, 11) is 2.01. The van der Waals surface area contributed by atoms with E-state index in [4.69, 9.17) is 5.73 Å². The summed E-state index contributed by atoms with van der Waals surface area (Å²) < 4.78 is 1.96. The number of piperidine rings is 1. The van der Waals surface area contributed by atoms with Crippen molar-refractivity contribution >= 4 is 11.5 Å². The van der Waals surface area contributed by atoms with Crippen molar-refractivity contribution in [2.45, 2.75) is 46.5 Å². The molecule has 0 spiro atoms. The number of nitrogens with two attached hydrogens (primary N) is 1. The van der Waals surface area contributed by atoms with Gasteiger partial charge < -0.3 is 10.6 Å². The van der Waals surface area contributed by atoms with Crippen LogP contribution in [0.4, 0.5) is 11.5 Å². The summed E-state index contributed by atoms with van der Waals surface area (Å²) in [5, 5.41) is 4.59. The van der Waals surface area contributed by atoms with Crippen molar-refractivity contribution in [2.75, 3.05) is 23.7 Å². The van der Waals surface area contributed by atoms with Crippen LogP contribution < -0.4 is 10.6 Å². The minimum Gasteiger partial charge on any atom is -0.394 e. The molecule has 1 aliphatic heterocycles. The quantitative estimate of drug-likeness (QED) is 0.913. The Morgan fingerprint density at radius 2 is 1.74 bits per heavy atom. The van der Waals surface area contributed by atoms with E-state index >= 15 is 0 Å². The summed E-state index contributed by atoms with van der Waals surface area (Å²) in [6, 6.07) is 0. The van der Waals surface area contributed by atoms with E-state index in [1.165, 1.54) is 12.8 Å². The van der Waals surface area contributed by atoms with Gasteiger partial charge in [0.2, 0.25) is 0 Å². The molecule has 2 heterocycles. The maximum absolute atomic E-state index is 6.31. The normalized spacial score (nSPS) is 17.7. The van der Waals surface area contributed by atoms with Crippen molar-refractivity contribution < 1.29 is 0 Å². The van der Waals surface area contributed by atoms with Crippen molar-refractivity contribution in [3.05, 3.63) is 5.69 Å². The second-order valence-electron chi connectivity index (χ2n) is 6.47. The van der Waals surface area contributed by atoms with Crippen LogP contribution in [-0.4, -0.2) is 22.9 Å². The smallest absolute Gasteiger partial charge is 0.150 e. The molecular weight excluding hydrogens is 236 g/mol. The predicted molar refractivity (Wildman–Crippen MR) is 81.5 cm³/mol. The van der Waals surface area contributed by atoms with Crippen molar-refractivity contribution in [1.82, 2.24) is 9.78 Å². The molecule has 4 heteroatoms. The highest BCUT2D eigenvalue weighted by molar-refractivity contribution is 5.67. The lowest BCUT2D eigenvalue weighted by molar-refractivity contribution is 0.310. The third kappa shape index (κ3) is 2.72. The minimum atomic E-state index is 0.383. The summed E-state index contributed by atoms with van der Waals surface area (Å²) in [4.78, 5) is 2.41. The monoisotopic (exact) mass is 264 g/mol. The average Bonchev–Trinajstić information content (AvgIpc) is 2.65. The van der Waals surface area contributed by atoms with Gasteiger partial charge in [0.05, 0.1) is 11.4 Å². The zero-order valence-corrected chi connectivity index (χ0v) is 13.0. The van der Waals surface area contributed by atoms with E-state index in [1.807, 2.05) is 11.7 Å². The van der Waals surface area contributed by atoms with Gasteiger partial charge in [-0.1, -0.05) is 27.7 Å². The molecule has 0 atom stereocenters. The molecule has 1 aromatic rings. The average molecular weight is 264 g/mol. The Balaban J connectivity index is 2.16. The maximum Gasteiger partial charge on any atom is 0.150 e. The van der Waals surface area contributed by atoms with Crippen LogP contribution in [0.5, 0.6) is 0 Å². The zero-order valence-electron chi connectivity index (χ0n) is 13.0. The highest BCUT2D eigenvalue weighted by Crippen LogP contribution is 2.34. The Kier molecular flexibility index (Phi) is 4.07. The Labute approximate surface area is 117 Å². The van der Waals surface area contributed by atoms with Gasteiger partial charge in [0, 0.05) is 20.1 Å². The van der Waals surface area contributed by atoms with E-state index in [9.17, 15) is 0 Å². The Morgan fingerprint density at radius 1 is 1.16 bits per heavy atom. The van der Waals surface area contributed by atoms with E-state index in [-0.39, 0.29) is 0 Å². The van der Waals surface area contributed by atoms with Gasteiger partial charge in [-0.2, -0.15) is 5.10 Å². The van der Waals surface area contributed by atoms with Crippen LogP contribution in [-0.2, 0) is 7.05 Å². The number of hydrogen-bond donors (Lipinski definition) is 1. The SMILES string of the molecule is CC(C)c1nn(C)c(N2CCC(C(C)C)CC2)c1N. The van der Waals surface area contributed by atoms with E-state index in [1.54, 1.807) is 0 Å². The molecule has 1 fully saturated rings. The van der Waals surface area contributed by atoms with Gasteiger partial charge in [-0.05, 0) is 30.6 Å². The Morgan fingerprint density at radius 3 is 2.16 bits per heavy atom. The molecule has 1 aromatic heterocycles. The highest BCUT2D eigenvalue weighted by Gasteiger charge is 2.26. The molecular formula is C15H28N4. The lowest BCUT2D eigenvalue weighted by Crippen LogP contribution is -2.36. The number of anilines is 2. The zero-order chi connectivity index (χ0) is 14.2. The van der Waals surface area contributed by atoms with Crippen molar-refractivity contribution in [3.8, 4) is 0 Å². The van der Waals surface area contributed by atoms with Crippen LogP contribution >= 0.6 is 0 Å². The topological polar surface area (TPSA) is 47.1 Å². The van der Waals surface area contributed by atoms with Crippen molar-refractivity contribution in [1.29, 1.82) is 0 Å².